The first-order valence-corrected chi connectivity index (χ1v) is 8.79. The van der Waals surface area contributed by atoms with Crippen molar-refractivity contribution in [3.8, 4) is 0 Å². The molecule has 0 spiro atoms. The molecular weight excluding hydrogens is 306 g/mol. The molecule has 0 amide bonds. The van der Waals surface area contributed by atoms with Gasteiger partial charge in [0.2, 0.25) is 0 Å². The van der Waals surface area contributed by atoms with Gasteiger partial charge in [-0.2, -0.15) is 0 Å². The van der Waals surface area contributed by atoms with E-state index in [4.69, 9.17) is 0 Å². The number of thiophene rings is 1. The predicted octanol–water partition coefficient (Wildman–Crippen LogP) is 2.99. The third-order valence-corrected chi connectivity index (χ3v) is 6.89. The molecule has 0 unspecified atom stereocenters. The van der Waals surface area contributed by atoms with Gasteiger partial charge in [-0.3, -0.25) is 4.31 Å². The molecule has 0 aliphatic rings. The predicted molar refractivity (Wildman–Crippen MR) is 86.5 cm³/mol. The fraction of sp³-hybridized carbons (Fsp3) is 0.333. The number of anilines is 1. The first-order valence-electron chi connectivity index (χ1n) is 6.53. The van der Waals surface area contributed by atoms with Crippen molar-refractivity contribution in [2.75, 3.05) is 11.4 Å². The Kier molecular flexibility index (Phi) is 4.41. The molecule has 2 rings (SSSR count). The Morgan fingerprint density at radius 3 is 2.33 bits per heavy atom. The van der Waals surface area contributed by atoms with Gasteiger partial charge in [-0.25, -0.2) is 8.42 Å². The van der Waals surface area contributed by atoms with E-state index in [2.05, 4.69) is 0 Å². The van der Waals surface area contributed by atoms with E-state index in [0.717, 1.165) is 28.0 Å². The summed E-state index contributed by atoms with van der Waals surface area (Å²) in [4.78, 5) is 0.683. The molecule has 4 nitrogen and oxygen atoms in total. The molecule has 1 aromatic heterocycles. The Balaban J connectivity index is 2.47. The largest absolute Gasteiger partial charge is 0.391 e. The summed E-state index contributed by atoms with van der Waals surface area (Å²) in [6.07, 6.45) is 0. The van der Waals surface area contributed by atoms with Gasteiger partial charge in [0.05, 0.1) is 12.3 Å². The number of hydrogen-bond acceptors (Lipinski definition) is 4. The SMILES string of the molecule is Cc1ccc(N(C)S(=O)(=O)c2cc(C)c(CO)s2)c(C)c1. The Hall–Kier alpha value is -1.37. The highest BCUT2D eigenvalue weighted by Crippen LogP contribution is 2.31. The summed E-state index contributed by atoms with van der Waals surface area (Å²) in [6, 6.07) is 7.29. The summed E-state index contributed by atoms with van der Waals surface area (Å²) in [5, 5.41) is 9.23. The van der Waals surface area contributed by atoms with Crippen LogP contribution in [-0.2, 0) is 16.6 Å². The van der Waals surface area contributed by atoms with Crippen LogP contribution in [0.3, 0.4) is 0 Å². The standard InChI is InChI=1S/C15H19NO3S2/c1-10-5-6-13(11(2)7-10)16(4)21(18,19)15-8-12(3)14(9-17)20-15/h5-8,17H,9H2,1-4H3. The van der Waals surface area contributed by atoms with Crippen molar-refractivity contribution < 1.29 is 13.5 Å². The quantitative estimate of drug-likeness (QED) is 0.940. The number of aryl methyl sites for hydroxylation is 3. The van der Waals surface area contributed by atoms with E-state index in [-0.39, 0.29) is 10.8 Å². The van der Waals surface area contributed by atoms with Crippen LogP contribution in [0.5, 0.6) is 0 Å². The Bertz CT molecular complexity index is 763. The summed E-state index contributed by atoms with van der Waals surface area (Å²) < 4.78 is 27.0. The van der Waals surface area contributed by atoms with E-state index >= 15 is 0 Å². The van der Waals surface area contributed by atoms with Crippen molar-refractivity contribution in [2.45, 2.75) is 31.6 Å². The van der Waals surface area contributed by atoms with Gasteiger partial charge in [0.25, 0.3) is 10.0 Å². The van der Waals surface area contributed by atoms with Gasteiger partial charge < -0.3 is 5.11 Å². The van der Waals surface area contributed by atoms with Gasteiger partial charge in [-0.15, -0.1) is 11.3 Å². The smallest absolute Gasteiger partial charge is 0.273 e. The maximum atomic E-state index is 12.7. The number of benzene rings is 1. The van der Waals surface area contributed by atoms with Gasteiger partial charge in [0, 0.05) is 11.9 Å². The van der Waals surface area contributed by atoms with Gasteiger partial charge in [-0.05, 0) is 44.0 Å². The monoisotopic (exact) mass is 325 g/mol. The number of rotatable bonds is 4. The molecule has 0 radical (unpaired) electrons. The molecule has 0 saturated heterocycles. The summed E-state index contributed by atoms with van der Waals surface area (Å²) in [5.74, 6) is 0. The van der Waals surface area contributed by atoms with Gasteiger partial charge in [0.1, 0.15) is 4.21 Å². The highest BCUT2D eigenvalue weighted by atomic mass is 32.2. The maximum absolute atomic E-state index is 12.7. The fourth-order valence-electron chi connectivity index (χ4n) is 2.20. The number of sulfonamides is 1. The topological polar surface area (TPSA) is 57.6 Å². The van der Waals surface area contributed by atoms with Crippen LogP contribution in [0.1, 0.15) is 21.6 Å². The molecule has 1 N–H and O–H groups in total. The zero-order valence-electron chi connectivity index (χ0n) is 12.5. The van der Waals surface area contributed by atoms with Gasteiger partial charge in [0.15, 0.2) is 0 Å². The third-order valence-electron chi connectivity index (χ3n) is 3.45. The number of nitrogens with zero attached hydrogens (tertiary/aromatic N) is 1. The van der Waals surface area contributed by atoms with Crippen LogP contribution in [0.15, 0.2) is 28.5 Å². The van der Waals surface area contributed by atoms with Crippen molar-refractivity contribution in [1.29, 1.82) is 0 Å². The molecular formula is C15H19NO3S2. The second-order valence-corrected chi connectivity index (χ2v) is 8.43. The molecule has 2 aromatic rings. The molecule has 0 atom stereocenters. The lowest BCUT2D eigenvalue weighted by molar-refractivity contribution is 0.285. The molecule has 0 aliphatic carbocycles. The Labute approximate surface area is 129 Å². The van der Waals surface area contributed by atoms with Crippen molar-refractivity contribution in [3.63, 3.8) is 0 Å². The average Bonchev–Trinajstić information content (AvgIpc) is 2.80. The highest BCUT2D eigenvalue weighted by molar-refractivity contribution is 7.94. The van der Waals surface area contributed by atoms with Crippen molar-refractivity contribution in [1.82, 2.24) is 0 Å². The lowest BCUT2D eigenvalue weighted by Gasteiger charge is -2.20. The minimum Gasteiger partial charge on any atom is -0.391 e. The van der Waals surface area contributed by atoms with E-state index in [1.165, 1.54) is 4.31 Å². The van der Waals surface area contributed by atoms with Crippen molar-refractivity contribution >= 4 is 27.0 Å². The maximum Gasteiger partial charge on any atom is 0.273 e. The van der Waals surface area contributed by atoms with Crippen LogP contribution in [0.2, 0.25) is 0 Å². The molecule has 0 fully saturated rings. The lowest BCUT2D eigenvalue weighted by atomic mass is 10.1. The number of aliphatic hydroxyl groups is 1. The van der Waals surface area contributed by atoms with Gasteiger partial charge >= 0.3 is 0 Å². The first-order chi connectivity index (χ1) is 9.77. The molecule has 1 aromatic carbocycles. The molecule has 114 valence electrons. The minimum atomic E-state index is -3.60. The summed E-state index contributed by atoms with van der Waals surface area (Å²) in [6.45, 7) is 5.53. The zero-order valence-corrected chi connectivity index (χ0v) is 14.2. The average molecular weight is 325 g/mol. The van der Waals surface area contributed by atoms with E-state index in [0.29, 0.717) is 10.6 Å². The van der Waals surface area contributed by atoms with E-state index in [1.54, 1.807) is 20.0 Å². The molecule has 0 bridgehead atoms. The highest BCUT2D eigenvalue weighted by Gasteiger charge is 2.25. The zero-order chi connectivity index (χ0) is 15.8. The second-order valence-electron chi connectivity index (χ2n) is 5.09. The number of aliphatic hydroxyl groups excluding tert-OH is 1. The summed E-state index contributed by atoms with van der Waals surface area (Å²) in [7, 11) is -2.04. The summed E-state index contributed by atoms with van der Waals surface area (Å²) in [5.41, 5.74) is 3.47. The lowest BCUT2D eigenvalue weighted by Crippen LogP contribution is -2.26. The molecule has 6 heteroatoms. The molecule has 1 heterocycles. The minimum absolute atomic E-state index is 0.140. The molecule has 0 saturated carbocycles. The van der Waals surface area contributed by atoms with Crippen LogP contribution in [0.4, 0.5) is 5.69 Å². The summed E-state index contributed by atoms with van der Waals surface area (Å²) >= 11 is 1.12. The first kappa shape index (κ1) is 16.0. The van der Waals surface area contributed by atoms with E-state index in [9.17, 15) is 13.5 Å². The van der Waals surface area contributed by atoms with Crippen molar-refractivity contribution in [2.24, 2.45) is 0 Å². The van der Waals surface area contributed by atoms with Gasteiger partial charge in [-0.1, -0.05) is 17.7 Å². The fourth-order valence-corrected chi connectivity index (χ4v) is 5.08. The van der Waals surface area contributed by atoms with E-state index in [1.807, 2.05) is 32.0 Å². The van der Waals surface area contributed by atoms with Crippen LogP contribution < -0.4 is 4.31 Å². The van der Waals surface area contributed by atoms with Crippen LogP contribution >= 0.6 is 11.3 Å². The van der Waals surface area contributed by atoms with E-state index < -0.39 is 10.0 Å². The molecule has 21 heavy (non-hydrogen) atoms. The van der Waals surface area contributed by atoms with Crippen molar-refractivity contribution in [3.05, 3.63) is 45.8 Å². The molecule has 0 aliphatic heterocycles. The number of hydrogen-bond donors (Lipinski definition) is 1. The van der Waals surface area contributed by atoms with Crippen LogP contribution in [0.25, 0.3) is 0 Å². The second kappa shape index (κ2) is 5.79. The van der Waals surface area contributed by atoms with Crippen LogP contribution in [-0.4, -0.2) is 20.6 Å². The van der Waals surface area contributed by atoms with Crippen LogP contribution in [0, 0.1) is 20.8 Å². The third kappa shape index (κ3) is 2.97. The Morgan fingerprint density at radius 1 is 1.14 bits per heavy atom. The normalized spacial score (nSPS) is 11.7. The Morgan fingerprint density at radius 2 is 1.81 bits per heavy atom.